The van der Waals surface area contributed by atoms with Gasteiger partial charge in [0.2, 0.25) is 5.91 Å². The molecular formula is C21H22ClNO3S. The van der Waals surface area contributed by atoms with Crippen LogP contribution in [0.3, 0.4) is 0 Å². The Morgan fingerprint density at radius 1 is 1.22 bits per heavy atom. The minimum atomic E-state index is -0.359. The molecule has 0 saturated heterocycles. The summed E-state index contributed by atoms with van der Waals surface area (Å²) in [6, 6.07) is 7.31. The fraction of sp³-hybridized carbons (Fsp3) is 0.333. The summed E-state index contributed by atoms with van der Waals surface area (Å²) < 4.78 is 5.24. The average Bonchev–Trinajstić information content (AvgIpc) is 2.82. The Morgan fingerprint density at radius 3 is 2.78 bits per heavy atom. The van der Waals surface area contributed by atoms with Crippen molar-refractivity contribution in [2.45, 2.75) is 39.0 Å². The summed E-state index contributed by atoms with van der Waals surface area (Å²) in [4.78, 5) is 26.1. The Bertz CT molecular complexity index is 872. The predicted molar refractivity (Wildman–Crippen MR) is 111 cm³/mol. The van der Waals surface area contributed by atoms with Crippen LogP contribution in [-0.2, 0) is 22.4 Å². The molecule has 1 aliphatic rings. The van der Waals surface area contributed by atoms with Crippen LogP contribution in [-0.4, -0.2) is 18.5 Å². The molecule has 0 spiro atoms. The van der Waals surface area contributed by atoms with Crippen molar-refractivity contribution in [2.24, 2.45) is 0 Å². The Labute approximate surface area is 168 Å². The molecule has 4 nitrogen and oxygen atoms in total. The molecule has 1 N–H and O–H groups in total. The summed E-state index contributed by atoms with van der Waals surface area (Å²) in [6.07, 6.45) is 8.21. The normalized spacial score (nSPS) is 13.9. The molecule has 0 bridgehead atoms. The predicted octanol–water partition coefficient (Wildman–Crippen LogP) is 5.50. The van der Waals surface area contributed by atoms with Crippen molar-refractivity contribution in [1.29, 1.82) is 0 Å². The summed E-state index contributed by atoms with van der Waals surface area (Å²) in [5.41, 5.74) is 2.33. The van der Waals surface area contributed by atoms with Crippen LogP contribution >= 0.6 is 22.9 Å². The van der Waals surface area contributed by atoms with Crippen LogP contribution in [0.4, 0.5) is 5.00 Å². The second-order valence-corrected chi connectivity index (χ2v) is 7.85. The van der Waals surface area contributed by atoms with E-state index in [9.17, 15) is 9.59 Å². The van der Waals surface area contributed by atoms with Gasteiger partial charge in [-0.3, -0.25) is 4.79 Å². The second-order valence-electron chi connectivity index (χ2n) is 6.33. The lowest BCUT2D eigenvalue weighted by molar-refractivity contribution is -0.111. The smallest absolute Gasteiger partial charge is 0.341 e. The number of amides is 1. The molecule has 0 saturated carbocycles. The van der Waals surface area contributed by atoms with Gasteiger partial charge in [0.15, 0.2) is 0 Å². The number of nitrogens with one attached hydrogen (secondary N) is 1. The van der Waals surface area contributed by atoms with E-state index in [2.05, 4.69) is 5.32 Å². The molecule has 0 fully saturated rings. The SMILES string of the molecule is CCOC(=O)c1c(NC(=O)/C=C/c2ccccc2Cl)sc2c1CCCCC2. The van der Waals surface area contributed by atoms with Crippen molar-refractivity contribution in [1.82, 2.24) is 0 Å². The molecule has 142 valence electrons. The number of hydrogen-bond donors (Lipinski definition) is 1. The van der Waals surface area contributed by atoms with Crippen molar-refractivity contribution in [3.8, 4) is 0 Å². The van der Waals surface area contributed by atoms with E-state index in [1.54, 1.807) is 19.1 Å². The molecule has 0 atom stereocenters. The fourth-order valence-electron chi connectivity index (χ4n) is 3.18. The minimum absolute atomic E-state index is 0.295. The van der Waals surface area contributed by atoms with Gasteiger partial charge in [0, 0.05) is 16.0 Å². The maximum absolute atomic E-state index is 12.5. The van der Waals surface area contributed by atoms with Gasteiger partial charge in [0.25, 0.3) is 0 Å². The van der Waals surface area contributed by atoms with Crippen LogP contribution in [0.5, 0.6) is 0 Å². The maximum Gasteiger partial charge on any atom is 0.341 e. The van der Waals surface area contributed by atoms with Crippen LogP contribution in [0.15, 0.2) is 30.3 Å². The average molecular weight is 404 g/mol. The number of aryl methyl sites for hydroxylation is 1. The van der Waals surface area contributed by atoms with Crippen molar-refractivity contribution in [3.05, 3.63) is 56.9 Å². The zero-order valence-electron chi connectivity index (χ0n) is 15.2. The topological polar surface area (TPSA) is 55.4 Å². The van der Waals surface area contributed by atoms with Gasteiger partial charge in [0.05, 0.1) is 12.2 Å². The van der Waals surface area contributed by atoms with Gasteiger partial charge >= 0.3 is 5.97 Å². The number of ether oxygens (including phenoxy) is 1. The number of carbonyl (C=O) groups is 2. The molecule has 0 aliphatic heterocycles. The van der Waals surface area contributed by atoms with E-state index >= 15 is 0 Å². The number of carbonyl (C=O) groups excluding carboxylic acids is 2. The molecule has 27 heavy (non-hydrogen) atoms. The Kier molecular flexibility index (Phi) is 6.69. The van der Waals surface area contributed by atoms with Gasteiger partial charge in [-0.05, 0) is 55.9 Å². The van der Waals surface area contributed by atoms with Crippen molar-refractivity contribution in [2.75, 3.05) is 11.9 Å². The summed E-state index contributed by atoms with van der Waals surface area (Å²) in [7, 11) is 0. The number of rotatable bonds is 5. The third-order valence-electron chi connectivity index (χ3n) is 4.46. The van der Waals surface area contributed by atoms with Crippen LogP contribution in [0.2, 0.25) is 5.02 Å². The van der Waals surface area contributed by atoms with Crippen LogP contribution in [0.1, 0.15) is 52.5 Å². The molecule has 1 aromatic carbocycles. The number of fused-ring (bicyclic) bond motifs is 1. The molecule has 1 aromatic heterocycles. The quantitative estimate of drug-likeness (QED) is 0.407. The molecule has 2 aromatic rings. The highest BCUT2D eigenvalue weighted by molar-refractivity contribution is 7.17. The molecule has 0 radical (unpaired) electrons. The fourth-order valence-corrected chi connectivity index (χ4v) is 4.66. The minimum Gasteiger partial charge on any atom is -0.462 e. The lowest BCUT2D eigenvalue weighted by Crippen LogP contribution is -2.13. The number of thiophene rings is 1. The van der Waals surface area contributed by atoms with E-state index in [0.29, 0.717) is 22.2 Å². The van der Waals surface area contributed by atoms with E-state index in [-0.39, 0.29) is 11.9 Å². The highest BCUT2D eigenvalue weighted by Gasteiger charge is 2.26. The summed E-state index contributed by atoms with van der Waals surface area (Å²) in [5.74, 6) is -0.654. The highest BCUT2D eigenvalue weighted by Crippen LogP contribution is 2.38. The number of esters is 1. The van der Waals surface area contributed by atoms with Gasteiger partial charge in [-0.25, -0.2) is 4.79 Å². The Morgan fingerprint density at radius 2 is 2.00 bits per heavy atom. The molecule has 3 rings (SSSR count). The molecule has 1 aliphatic carbocycles. The Balaban J connectivity index is 1.84. The molecule has 6 heteroatoms. The first-order valence-electron chi connectivity index (χ1n) is 9.15. The van der Waals surface area contributed by atoms with Crippen LogP contribution < -0.4 is 5.32 Å². The van der Waals surface area contributed by atoms with Crippen molar-refractivity contribution in [3.63, 3.8) is 0 Å². The van der Waals surface area contributed by atoms with Crippen molar-refractivity contribution < 1.29 is 14.3 Å². The van der Waals surface area contributed by atoms with E-state index < -0.39 is 0 Å². The van der Waals surface area contributed by atoms with E-state index in [1.807, 2.05) is 18.2 Å². The number of hydrogen-bond acceptors (Lipinski definition) is 4. The largest absolute Gasteiger partial charge is 0.462 e. The summed E-state index contributed by atoms with van der Waals surface area (Å²) >= 11 is 7.60. The first kappa shape index (κ1) is 19.6. The van der Waals surface area contributed by atoms with Gasteiger partial charge in [-0.1, -0.05) is 36.2 Å². The third kappa shape index (κ3) is 4.79. The second kappa shape index (κ2) is 9.20. The first-order chi connectivity index (χ1) is 13.1. The first-order valence-corrected chi connectivity index (χ1v) is 10.3. The van der Waals surface area contributed by atoms with Crippen LogP contribution in [0.25, 0.3) is 6.08 Å². The van der Waals surface area contributed by atoms with Gasteiger partial charge in [-0.15, -0.1) is 11.3 Å². The standard InChI is InChI=1S/C21H22ClNO3S/c1-2-26-21(25)19-15-9-4-3-5-11-17(15)27-20(19)23-18(24)13-12-14-8-6-7-10-16(14)22/h6-8,10,12-13H,2-5,9,11H2,1H3,(H,23,24)/b13-12+. The van der Waals surface area contributed by atoms with Gasteiger partial charge in [0.1, 0.15) is 5.00 Å². The van der Waals surface area contributed by atoms with E-state index in [0.717, 1.165) is 43.2 Å². The number of anilines is 1. The zero-order chi connectivity index (χ0) is 19.2. The number of benzene rings is 1. The summed E-state index contributed by atoms with van der Waals surface area (Å²) in [6.45, 7) is 2.09. The molecular weight excluding hydrogens is 382 g/mol. The number of halogens is 1. The lowest BCUT2D eigenvalue weighted by atomic mass is 10.1. The van der Waals surface area contributed by atoms with Gasteiger partial charge in [-0.2, -0.15) is 0 Å². The third-order valence-corrected chi connectivity index (χ3v) is 6.01. The highest BCUT2D eigenvalue weighted by atomic mass is 35.5. The molecule has 1 amide bonds. The zero-order valence-corrected chi connectivity index (χ0v) is 16.8. The monoisotopic (exact) mass is 403 g/mol. The van der Waals surface area contributed by atoms with E-state index in [1.165, 1.54) is 22.3 Å². The van der Waals surface area contributed by atoms with Crippen molar-refractivity contribution >= 4 is 45.9 Å². The molecule has 0 unspecified atom stereocenters. The van der Waals surface area contributed by atoms with Crippen LogP contribution in [0, 0.1) is 0 Å². The van der Waals surface area contributed by atoms with Gasteiger partial charge < -0.3 is 10.1 Å². The Hall–Kier alpha value is -2.11. The molecule has 1 heterocycles. The van der Waals surface area contributed by atoms with E-state index in [4.69, 9.17) is 16.3 Å². The lowest BCUT2D eigenvalue weighted by Gasteiger charge is -2.07. The summed E-state index contributed by atoms with van der Waals surface area (Å²) in [5, 5.41) is 4.02. The maximum atomic E-state index is 12.5.